The number of carbonyl (C=O) groups is 1. The topological polar surface area (TPSA) is 160 Å². The van der Waals surface area contributed by atoms with E-state index in [1.807, 2.05) is 41.3 Å². The Balaban J connectivity index is 1.38. The lowest BCUT2D eigenvalue weighted by molar-refractivity contribution is -0.140. The second-order valence-electron chi connectivity index (χ2n) is 8.33. The monoisotopic (exact) mass is 593 g/mol. The number of pyridine rings is 1. The van der Waals surface area contributed by atoms with Gasteiger partial charge < -0.3 is 15.7 Å². The van der Waals surface area contributed by atoms with Crippen molar-refractivity contribution in [2.24, 2.45) is 5.92 Å². The summed E-state index contributed by atoms with van der Waals surface area (Å²) in [6, 6.07) is 15.2. The fraction of sp³-hybridized carbons (Fsp3) is 0.208. The zero-order chi connectivity index (χ0) is 25.2. The van der Waals surface area contributed by atoms with Gasteiger partial charge in [-0.1, -0.05) is 23.4 Å². The fourth-order valence-corrected chi connectivity index (χ4v) is 4.77. The number of nitrogens with zero attached hydrogens (tertiary/aromatic N) is 8. The molecule has 1 saturated heterocycles. The number of hydrogen-bond donors (Lipinski definition) is 2. The van der Waals surface area contributed by atoms with Crippen molar-refractivity contribution < 1.29 is 9.90 Å². The third kappa shape index (κ3) is 4.82. The van der Waals surface area contributed by atoms with E-state index < -0.39 is 5.97 Å². The number of nitrogen functional groups attached to an aromatic ring is 1. The number of nitrogens with two attached hydrogens (primary N) is 1. The first-order valence-electron chi connectivity index (χ1n) is 11.1. The summed E-state index contributed by atoms with van der Waals surface area (Å²) in [7, 11) is 0. The van der Waals surface area contributed by atoms with Gasteiger partial charge in [-0.15, -0.1) is 5.10 Å². The maximum atomic E-state index is 11.3. The van der Waals surface area contributed by atoms with Gasteiger partial charge in [-0.2, -0.15) is 5.26 Å². The van der Waals surface area contributed by atoms with Crippen LogP contribution in [0.4, 0.5) is 11.8 Å². The molecule has 0 aliphatic carbocycles. The highest BCUT2D eigenvalue weighted by atomic mass is 127. The molecule has 1 aromatic carbocycles. The van der Waals surface area contributed by atoms with Gasteiger partial charge in [-0.3, -0.25) is 4.79 Å². The standard InChI is InChI=1S/C24H20IN9O2/c25-18-5-2-4-16(17(18)10-26)19-9-20(30-24(27)29-19)21-13-34(32-31-21)12-15-3-1-6-22(28-15)33-8-7-14(11-33)23(35)36/h1-6,9,13-14H,7-8,11-12H2,(H,35,36)(H2,27,29,30). The van der Waals surface area contributed by atoms with Crippen molar-refractivity contribution in [3.63, 3.8) is 0 Å². The van der Waals surface area contributed by atoms with E-state index in [0.29, 0.717) is 54.3 Å². The molecular formula is C24H20IN9O2. The average molecular weight is 593 g/mol. The number of benzene rings is 1. The Morgan fingerprint density at radius 1 is 1.17 bits per heavy atom. The molecule has 12 heteroatoms. The van der Waals surface area contributed by atoms with Crippen molar-refractivity contribution >= 4 is 40.3 Å². The number of aromatic nitrogens is 6. The first-order chi connectivity index (χ1) is 17.4. The van der Waals surface area contributed by atoms with Crippen LogP contribution in [0.1, 0.15) is 17.7 Å². The number of anilines is 2. The summed E-state index contributed by atoms with van der Waals surface area (Å²) in [6.45, 7) is 1.48. The number of hydrogen-bond acceptors (Lipinski definition) is 9. The molecule has 11 nitrogen and oxygen atoms in total. The molecule has 4 aromatic rings. The molecule has 1 fully saturated rings. The number of rotatable bonds is 6. The van der Waals surface area contributed by atoms with Gasteiger partial charge in [0.15, 0.2) is 0 Å². The Kier molecular flexibility index (Phi) is 6.47. The van der Waals surface area contributed by atoms with Gasteiger partial charge in [0, 0.05) is 22.2 Å². The summed E-state index contributed by atoms with van der Waals surface area (Å²) >= 11 is 2.12. The van der Waals surface area contributed by atoms with E-state index in [0.717, 1.165) is 15.1 Å². The van der Waals surface area contributed by atoms with Crippen molar-refractivity contribution in [2.45, 2.75) is 13.0 Å². The van der Waals surface area contributed by atoms with Crippen molar-refractivity contribution in [2.75, 3.05) is 23.7 Å². The third-order valence-corrected chi connectivity index (χ3v) is 6.82. The Hall–Kier alpha value is -4.12. The van der Waals surface area contributed by atoms with Crippen LogP contribution in [0.3, 0.4) is 0 Å². The van der Waals surface area contributed by atoms with E-state index in [-0.39, 0.29) is 11.9 Å². The van der Waals surface area contributed by atoms with E-state index in [2.05, 4.69) is 53.9 Å². The maximum absolute atomic E-state index is 11.3. The molecule has 3 aromatic heterocycles. The van der Waals surface area contributed by atoms with Gasteiger partial charge in [0.1, 0.15) is 17.6 Å². The second kappa shape index (κ2) is 9.86. The third-order valence-electron chi connectivity index (χ3n) is 5.92. The van der Waals surface area contributed by atoms with Crippen LogP contribution in [-0.4, -0.2) is 54.1 Å². The van der Waals surface area contributed by atoms with Crippen LogP contribution < -0.4 is 10.6 Å². The van der Waals surface area contributed by atoms with Gasteiger partial charge in [-0.05, 0) is 53.3 Å². The normalized spacial score (nSPS) is 15.1. The van der Waals surface area contributed by atoms with Gasteiger partial charge in [0.05, 0.1) is 41.3 Å². The molecule has 3 N–H and O–H groups in total. The molecule has 1 atom stereocenters. The number of carboxylic acids is 1. The van der Waals surface area contributed by atoms with Crippen LogP contribution in [0, 0.1) is 20.8 Å². The second-order valence-corrected chi connectivity index (χ2v) is 9.49. The highest BCUT2D eigenvalue weighted by Gasteiger charge is 2.28. The summed E-state index contributed by atoms with van der Waals surface area (Å²) < 4.78 is 2.47. The van der Waals surface area contributed by atoms with Gasteiger partial charge in [0.25, 0.3) is 0 Å². The van der Waals surface area contributed by atoms with Crippen LogP contribution in [0.5, 0.6) is 0 Å². The minimum absolute atomic E-state index is 0.0689. The van der Waals surface area contributed by atoms with Crippen LogP contribution in [0.15, 0.2) is 48.7 Å². The van der Waals surface area contributed by atoms with E-state index in [4.69, 9.17) is 5.73 Å². The molecular weight excluding hydrogens is 573 g/mol. The minimum atomic E-state index is -0.775. The number of halogens is 1. The molecule has 36 heavy (non-hydrogen) atoms. The molecule has 1 aliphatic heterocycles. The molecule has 0 bridgehead atoms. The highest BCUT2D eigenvalue weighted by Crippen LogP contribution is 2.28. The van der Waals surface area contributed by atoms with Gasteiger partial charge >= 0.3 is 5.97 Å². The predicted molar refractivity (Wildman–Crippen MR) is 140 cm³/mol. The average Bonchev–Trinajstić information content (AvgIpc) is 3.54. The Morgan fingerprint density at radius 3 is 2.75 bits per heavy atom. The zero-order valence-corrected chi connectivity index (χ0v) is 21.1. The summed E-state index contributed by atoms with van der Waals surface area (Å²) in [6.07, 6.45) is 2.35. The zero-order valence-electron chi connectivity index (χ0n) is 18.9. The van der Waals surface area contributed by atoms with Crippen molar-refractivity contribution in [1.82, 2.24) is 29.9 Å². The molecule has 0 spiro atoms. The van der Waals surface area contributed by atoms with Crippen molar-refractivity contribution in [1.29, 1.82) is 5.26 Å². The van der Waals surface area contributed by atoms with Crippen molar-refractivity contribution in [3.8, 4) is 28.7 Å². The quantitative estimate of drug-likeness (QED) is 0.318. The van der Waals surface area contributed by atoms with Crippen molar-refractivity contribution in [3.05, 3.63) is 63.5 Å². The molecule has 4 heterocycles. The Morgan fingerprint density at radius 2 is 1.97 bits per heavy atom. The minimum Gasteiger partial charge on any atom is -0.481 e. The number of nitriles is 1. The van der Waals surface area contributed by atoms with Crippen LogP contribution in [0.2, 0.25) is 0 Å². The molecule has 1 unspecified atom stereocenters. The highest BCUT2D eigenvalue weighted by molar-refractivity contribution is 14.1. The van der Waals surface area contributed by atoms with E-state index in [1.165, 1.54) is 0 Å². The summed E-state index contributed by atoms with van der Waals surface area (Å²) in [5.41, 5.74) is 9.47. The molecule has 0 radical (unpaired) electrons. The Labute approximate surface area is 219 Å². The maximum Gasteiger partial charge on any atom is 0.308 e. The summed E-state index contributed by atoms with van der Waals surface area (Å²) in [5.74, 6) is -0.333. The summed E-state index contributed by atoms with van der Waals surface area (Å²) in [4.78, 5) is 26.6. The van der Waals surface area contributed by atoms with Crippen LogP contribution >= 0.6 is 22.6 Å². The largest absolute Gasteiger partial charge is 0.481 e. The lowest BCUT2D eigenvalue weighted by Crippen LogP contribution is -2.23. The number of aliphatic carboxylic acids is 1. The lowest BCUT2D eigenvalue weighted by atomic mass is 10.0. The van der Waals surface area contributed by atoms with E-state index in [9.17, 15) is 15.2 Å². The smallest absolute Gasteiger partial charge is 0.308 e. The lowest BCUT2D eigenvalue weighted by Gasteiger charge is -2.17. The van der Waals surface area contributed by atoms with E-state index in [1.54, 1.807) is 16.9 Å². The predicted octanol–water partition coefficient (Wildman–Crippen LogP) is 2.81. The fourth-order valence-electron chi connectivity index (χ4n) is 4.15. The number of carboxylic acid groups (broad SMARTS) is 1. The molecule has 180 valence electrons. The molecule has 0 amide bonds. The van der Waals surface area contributed by atoms with E-state index >= 15 is 0 Å². The molecule has 5 rings (SSSR count). The van der Waals surface area contributed by atoms with Crippen LogP contribution in [0.25, 0.3) is 22.6 Å². The SMILES string of the molecule is N#Cc1c(I)cccc1-c1cc(-c2cn(Cc3cccc(N4CCC(C(=O)O)C4)n3)nn2)nc(N)n1. The molecule has 0 saturated carbocycles. The van der Waals surface area contributed by atoms with Crippen LogP contribution in [-0.2, 0) is 11.3 Å². The van der Waals surface area contributed by atoms with Gasteiger partial charge in [0.2, 0.25) is 5.95 Å². The Bertz CT molecular complexity index is 1500. The molecule has 1 aliphatic rings. The summed E-state index contributed by atoms with van der Waals surface area (Å²) in [5, 5.41) is 27.3. The first-order valence-corrected chi connectivity index (χ1v) is 12.2. The van der Waals surface area contributed by atoms with Gasteiger partial charge in [-0.25, -0.2) is 19.6 Å². The first kappa shape index (κ1) is 23.6.